The molecule has 2 atom stereocenters. The van der Waals surface area contributed by atoms with E-state index in [0.717, 1.165) is 18.7 Å². The van der Waals surface area contributed by atoms with Gasteiger partial charge in [-0.05, 0) is 49.9 Å². The smallest absolute Gasteiger partial charge is 0.251 e. The van der Waals surface area contributed by atoms with Crippen LogP contribution in [0.25, 0.3) is 0 Å². The number of hydrogen-bond donors (Lipinski definition) is 3. The molecule has 4 N–H and O–H groups in total. The number of rotatable bonds is 4. The maximum Gasteiger partial charge on any atom is 0.251 e. The van der Waals surface area contributed by atoms with Crippen LogP contribution < -0.4 is 16.4 Å². The minimum absolute atomic E-state index is 0.0490. The van der Waals surface area contributed by atoms with Crippen LogP contribution in [0.1, 0.15) is 41.6 Å². The summed E-state index contributed by atoms with van der Waals surface area (Å²) in [6.45, 7) is 2.79. The molecule has 1 aliphatic carbocycles. The molecule has 0 spiro atoms. The number of anilines is 1. The molecule has 0 radical (unpaired) electrons. The molecule has 0 heterocycles. The predicted octanol–water partition coefficient (Wildman–Crippen LogP) is 2.28. The van der Waals surface area contributed by atoms with Crippen molar-refractivity contribution in [3.05, 3.63) is 29.3 Å². The molecule has 20 heavy (non-hydrogen) atoms. The Morgan fingerprint density at radius 1 is 1.35 bits per heavy atom. The van der Waals surface area contributed by atoms with Gasteiger partial charge in [0.1, 0.15) is 0 Å². The highest BCUT2D eigenvalue weighted by Crippen LogP contribution is 2.28. The molecule has 2 rings (SSSR count). The molecule has 1 amide bonds. The van der Waals surface area contributed by atoms with E-state index in [2.05, 4.69) is 17.6 Å². The first-order valence-corrected chi connectivity index (χ1v) is 7.45. The summed E-state index contributed by atoms with van der Waals surface area (Å²) in [7, 11) is 1.65. The molecule has 0 bridgehead atoms. The van der Waals surface area contributed by atoms with Crippen molar-refractivity contribution in [2.75, 3.05) is 18.9 Å². The molecule has 1 aliphatic rings. The monoisotopic (exact) mass is 275 g/mol. The van der Waals surface area contributed by atoms with Gasteiger partial charge in [-0.25, -0.2) is 0 Å². The van der Waals surface area contributed by atoms with Crippen molar-refractivity contribution in [1.82, 2.24) is 5.32 Å². The SMILES string of the molecule is CNC(=O)c1ccc(C)c(NC2CCCCC2CN)c1. The van der Waals surface area contributed by atoms with Crippen LogP contribution in [0.4, 0.5) is 5.69 Å². The van der Waals surface area contributed by atoms with Gasteiger partial charge in [-0.1, -0.05) is 18.9 Å². The molecule has 2 unspecified atom stereocenters. The Hall–Kier alpha value is -1.55. The quantitative estimate of drug-likeness (QED) is 0.789. The maximum atomic E-state index is 11.7. The molecule has 0 aliphatic heterocycles. The van der Waals surface area contributed by atoms with Gasteiger partial charge >= 0.3 is 0 Å². The van der Waals surface area contributed by atoms with Gasteiger partial charge in [0.25, 0.3) is 5.91 Å². The van der Waals surface area contributed by atoms with Gasteiger partial charge in [0.2, 0.25) is 0 Å². The number of hydrogen-bond acceptors (Lipinski definition) is 3. The average Bonchev–Trinajstić information content (AvgIpc) is 2.49. The Bertz CT molecular complexity index is 473. The predicted molar refractivity (Wildman–Crippen MR) is 83.0 cm³/mol. The van der Waals surface area contributed by atoms with Crippen LogP contribution in [0.3, 0.4) is 0 Å². The van der Waals surface area contributed by atoms with Crippen molar-refractivity contribution < 1.29 is 4.79 Å². The summed E-state index contributed by atoms with van der Waals surface area (Å²) in [4.78, 5) is 11.7. The van der Waals surface area contributed by atoms with Crippen LogP contribution >= 0.6 is 0 Å². The summed E-state index contributed by atoms with van der Waals surface area (Å²) in [6.07, 6.45) is 4.88. The van der Waals surface area contributed by atoms with E-state index in [4.69, 9.17) is 5.73 Å². The fourth-order valence-electron chi connectivity index (χ4n) is 2.94. The first-order valence-electron chi connectivity index (χ1n) is 7.45. The highest BCUT2D eigenvalue weighted by Gasteiger charge is 2.24. The highest BCUT2D eigenvalue weighted by atomic mass is 16.1. The highest BCUT2D eigenvalue weighted by molar-refractivity contribution is 5.95. The number of aryl methyl sites for hydroxylation is 1. The van der Waals surface area contributed by atoms with Crippen LogP contribution in [0.15, 0.2) is 18.2 Å². The first kappa shape index (κ1) is 14.9. The third kappa shape index (κ3) is 3.31. The molecule has 4 nitrogen and oxygen atoms in total. The lowest BCUT2D eigenvalue weighted by Gasteiger charge is -2.32. The van der Waals surface area contributed by atoms with E-state index < -0.39 is 0 Å². The molecular weight excluding hydrogens is 250 g/mol. The largest absolute Gasteiger partial charge is 0.382 e. The summed E-state index contributed by atoms with van der Waals surface area (Å²) in [6, 6.07) is 6.22. The van der Waals surface area contributed by atoms with Crippen LogP contribution in [-0.2, 0) is 0 Å². The summed E-state index contributed by atoms with van der Waals surface area (Å²) < 4.78 is 0. The minimum atomic E-state index is -0.0490. The molecule has 1 aromatic carbocycles. The molecule has 0 saturated heterocycles. The second-order valence-electron chi connectivity index (χ2n) is 5.64. The Morgan fingerprint density at radius 2 is 2.10 bits per heavy atom. The second-order valence-corrected chi connectivity index (χ2v) is 5.64. The summed E-state index contributed by atoms with van der Waals surface area (Å²) in [5, 5.41) is 6.27. The topological polar surface area (TPSA) is 67.2 Å². The van der Waals surface area contributed by atoms with E-state index in [-0.39, 0.29) is 5.91 Å². The van der Waals surface area contributed by atoms with Crippen LogP contribution in [0.2, 0.25) is 0 Å². The fraction of sp³-hybridized carbons (Fsp3) is 0.562. The molecular formula is C16H25N3O. The standard InChI is InChI=1S/C16H25N3O/c1-11-7-8-12(16(20)18-2)9-15(11)19-14-6-4-3-5-13(14)10-17/h7-9,13-14,19H,3-6,10,17H2,1-2H3,(H,18,20). The molecule has 1 saturated carbocycles. The summed E-state index contributed by atoms with van der Waals surface area (Å²) >= 11 is 0. The van der Waals surface area contributed by atoms with Crippen molar-refractivity contribution in [1.29, 1.82) is 0 Å². The van der Waals surface area contributed by atoms with E-state index in [0.29, 0.717) is 17.5 Å². The number of amides is 1. The van der Waals surface area contributed by atoms with Gasteiger partial charge in [-0.15, -0.1) is 0 Å². The van der Waals surface area contributed by atoms with Crippen LogP contribution in [0.5, 0.6) is 0 Å². The number of carbonyl (C=O) groups excluding carboxylic acids is 1. The third-order valence-electron chi connectivity index (χ3n) is 4.28. The summed E-state index contributed by atoms with van der Waals surface area (Å²) in [5.41, 5.74) is 8.79. The molecule has 0 aromatic heterocycles. The number of nitrogens with two attached hydrogens (primary N) is 1. The Kier molecular flexibility index (Phi) is 5.01. The van der Waals surface area contributed by atoms with Crippen molar-refractivity contribution in [2.45, 2.75) is 38.6 Å². The Balaban J connectivity index is 2.17. The molecule has 110 valence electrons. The molecule has 4 heteroatoms. The zero-order valence-electron chi connectivity index (χ0n) is 12.4. The van der Waals surface area contributed by atoms with E-state index in [9.17, 15) is 4.79 Å². The van der Waals surface area contributed by atoms with Crippen molar-refractivity contribution in [3.63, 3.8) is 0 Å². The minimum Gasteiger partial charge on any atom is -0.382 e. The Labute approximate surface area is 121 Å². The van der Waals surface area contributed by atoms with Crippen molar-refractivity contribution >= 4 is 11.6 Å². The number of nitrogens with one attached hydrogen (secondary N) is 2. The van der Waals surface area contributed by atoms with E-state index in [1.54, 1.807) is 7.05 Å². The normalized spacial score (nSPS) is 22.4. The molecule has 1 aromatic rings. The zero-order valence-corrected chi connectivity index (χ0v) is 12.4. The van der Waals surface area contributed by atoms with Crippen LogP contribution in [-0.4, -0.2) is 25.5 Å². The fourth-order valence-corrected chi connectivity index (χ4v) is 2.94. The van der Waals surface area contributed by atoms with Gasteiger partial charge < -0.3 is 16.4 Å². The lowest BCUT2D eigenvalue weighted by Crippen LogP contribution is -2.37. The molecule has 1 fully saturated rings. The summed E-state index contributed by atoms with van der Waals surface area (Å²) in [5.74, 6) is 0.485. The van der Waals surface area contributed by atoms with Crippen molar-refractivity contribution in [3.8, 4) is 0 Å². The van der Waals surface area contributed by atoms with Gasteiger partial charge in [-0.3, -0.25) is 4.79 Å². The first-order chi connectivity index (χ1) is 9.65. The maximum absolute atomic E-state index is 11.7. The lowest BCUT2D eigenvalue weighted by molar-refractivity contribution is 0.0963. The average molecular weight is 275 g/mol. The van der Waals surface area contributed by atoms with E-state index in [1.165, 1.54) is 24.8 Å². The van der Waals surface area contributed by atoms with E-state index in [1.807, 2.05) is 18.2 Å². The Morgan fingerprint density at radius 3 is 2.80 bits per heavy atom. The van der Waals surface area contributed by atoms with Gasteiger partial charge in [0.15, 0.2) is 0 Å². The van der Waals surface area contributed by atoms with Crippen LogP contribution in [0, 0.1) is 12.8 Å². The van der Waals surface area contributed by atoms with Gasteiger partial charge in [0, 0.05) is 24.3 Å². The second kappa shape index (κ2) is 6.75. The zero-order chi connectivity index (χ0) is 14.5. The third-order valence-corrected chi connectivity index (χ3v) is 4.28. The van der Waals surface area contributed by atoms with Gasteiger partial charge in [0.05, 0.1) is 0 Å². The van der Waals surface area contributed by atoms with Crippen molar-refractivity contribution in [2.24, 2.45) is 11.7 Å². The van der Waals surface area contributed by atoms with E-state index >= 15 is 0 Å². The number of carbonyl (C=O) groups is 1. The van der Waals surface area contributed by atoms with Gasteiger partial charge in [-0.2, -0.15) is 0 Å². The number of benzene rings is 1. The lowest BCUT2D eigenvalue weighted by atomic mass is 9.84.